The lowest BCUT2D eigenvalue weighted by Crippen LogP contribution is -2.30. The summed E-state index contributed by atoms with van der Waals surface area (Å²) in [5, 5.41) is 13.1. The highest BCUT2D eigenvalue weighted by molar-refractivity contribution is 6.04. The number of nitro groups is 1. The van der Waals surface area contributed by atoms with Crippen LogP contribution in [-0.2, 0) is 4.79 Å². The maximum atomic E-state index is 12.1. The molecule has 156 valence electrons. The molecule has 7 nitrogen and oxygen atoms in total. The van der Waals surface area contributed by atoms with Crippen LogP contribution in [0.4, 0.5) is 5.82 Å². The third kappa shape index (κ3) is 10.1. The second kappa shape index (κ2) is 13.8. The second-order valence-corrected chi connectivity index (χ2v) is 7.28. The van der Waals surface area contributed by atoms with Gasteiger partial charge in [0.05, 0.1) is 5.56 Å². The van der Waals surface area contributed by atoms with Crippen molar-refractivity contribution >= 4 is 17.6 Å². The van der Waals surface area contributed by atoms with Crippen molar-refractivity contribution in [2.24, 2.45) is 0 Å². The van der Waals surface area contributed by atoms with Crippen molar-refractivity contribution in [2.75, 3.05) is 0 Å². The molecule has 0 unspecified atom stereocenters. The summed E-state index contributed by atoms with van der Waals surface area (Å²) in [7, 11) is 0. The van der Waals surface area contributed by atoms with Crippen molar-refractivity contribution in [1.82, 2.24) is 10.3 Å². The lowest BCUT2D eigenvalue weighted by atomic mass is 10.1. The summed E-state index contributed by atoms with van der Waals surface area (Å²) >= 11 is 0. The summed E-state index contributed by atoms with van der Waals surface area (Å²) in [6.45, 7) is 3.79. The number of aryl methyl sites for hydroxylation is 1. The zero-order valence-electron chi connectivity index (χ0n) is 17.2. The van der Waals surface area contributed by atoms with Crippen LogP contribution in [-0.4, -0.2) is 21.7 Å². The second-order valence-electron chi connectivity index (χ2n) is 7.28. The molecule has 1 aromatic rings. The molecule has 1 rings (SSSR count). The summed E-state index contributed by atoms with van der Waals surface area (Å²) in [5.74, 6) is -1.37. The Balaban J connectivity index is 2.17. The molecule has 0 aromatic carbocycles. The van der Waals surface area contributed by atoms with E-state index in [9.17, 15) is 19.7 Å². The number of hydrogen-bond donors (Lipinski definition) is 1. The summed E-state index contributed by atoms with van der Waals surface area (Å²) in [5.41, 5.74) is 0.434. The Labute approximate surface area is 167 Å². The number of unbranched alkanes of at least 4 members (excludes halogenated alkanes) is 10. The van der Waals surface area contributed by atoms with E-state index in [1.54, 1.807) is 6.92 Å². The predicted molar refractivity (Wildman–Crippen MR) is 109 cm³/mol. The van der Waals surface area contributed by atoms with Gasteiger partial charge in [-0.3, -0.25) is 14.9 Å². The molecule has 1 N–H and O–H groups in total. The van der Waals surface area contributed by atoms with Gasteiger partial charge in [-0.25, -0.2) is 0 Å². The van der Waals surface area contributed by atoms with E-state index in [4.69, 9.17) is 0 Å². The number of imide groups is 1. The monoisotopic (exact) mass is 391 g/mol. The third-order valence-corrected chi connectivity index (χ3v) is 4.65. The summed E-state index contributed by atoms with van der Waals surface area (Å²) in [4.78, 5) is 37.9. The smallest absolute Gasteiger partial charge is 0.358 e. The molecule has 0 aliphatic rings. The number of pyridine rings is 1. The number of carbonyl (C=O) groups is 2. The number of amides is 2. The van der Waals surface area contributed by atoms with E-state index in [0.29, 0.717) is 5.69 Å². The molecule has 0 saturated carbocycles. The minimum Gasteiger partial charge on any atom is -0.358 e. The van der Waals surface area contributed by atoms with E-state index >= 15 is 0 Å². The molecule has 1 heterocycles. The van der Waals surface area contributed by atoms with Crippen LogP contribution in [0.1, 0.15) is 100 Å². The highest BCUT2D eigenvalue weighted by Crippen LogP contribution is 2.13. The zero-order valence-corrected chi connectivity index (χ0v) is 17.2. The fourth-order valence-electron chi connectivity index (χ4n) is 3.09. The van der Waals surface area contributed by atoms with Gasteiger partial charge in [-0.15, -0.1) is 0 Å². The average Bonchev–Trinajstić information content (AvgIpc) is 2.65. The van der Waals surface area contributed by atoms with Gasteiger partial charge < -0.3 is 10.1 Å². The molecular formula is C21H33N3O4. The Morgan fingerprint density at radius 1 is 0.964 bits per heavy atom. The first kappa shape index (κ1) is 23.7. The predicted octanol–water partition coefficient (Wildman–Crippen LogP) is 5.26. The van der Waals surface area contributed by atoms with E-state index in [2.05, 4.69) is 17.2 Å². The molecule has 2 amide bonds. The minimum absolute atomic E-state index is 0.0755. The van der Waals surface area contributed by atoms with Gasteiger partial charge in [-0.2, -0.15) is 0 Å². The molecular weight excluding hydrogens is 358 g/mol. The minimum atomic E-state index is -0.656. The number of rotatable bonds is 14. The fraction of sp³-hybridized carbons (Fsp3) is 0.667. The summed E-state index contributed by atoms with van der Waals surface area (Å²) in [6, 6.07) is 2.51. The molecule has 28 heavy (non-hydrogen) atoms. The van der Waals surface area contributed by atoms with Crippen molar-refractivity contribution in [3.8, 4) is 0 Å². The lowest BCUT2D eigenvalue weighted by Gasteiger charge is -2.05. The standard InChI is InChI=1S/C21H33N3O4/c1-3-4-5-6-7-8-9-10-11-12-13-14-20(25)23-21(26)18-15-17(2)22-19(16-18)24(27)28/h15-16H,3-14H2,1-2H3,(H,23,25,26). The van der Waals surface area contributed by atoms with Crippen LogP contribution in [0.3, 0.4) is 0 Å². The Morgan fingerprint density at radius 3 is 2.04 bits per heavy atom. The van der Waals surface area contributed by atoms with Crippen molar-refractivity contribution in [1.29, 1.82) is 0 Å². The van der Waals surface area contributed by atoms with Gasteiger partial charge in [-0.1, -0.05) is 71.1 Å². The van der Waals surface area contributed by atoms with Gasteiger partial charge in [0.15, 0.2) is 5.69 Å². The van der Waals surface area contributed by atoms with E-state index in [1.807, 2.05) is 0 Å². The van der Waals surface area contributed by atoms with Crippen LogP contribution in [0.25, 0.3) is 0 Å². The number of nitrogens with zero attached hydrogens (tertiary/aromatic N) is 2. The van der Waals surface area contributed by atoms with Crippen LogP contribution in [0.5, 0.6) is 0 Å². The van der Waals surface area contributed by atoms with Crippen molar-refractivity contribution in [3.63, 3.8) is 0 Å². The molecule has 0 spiro atoms. The highest BCUT2D eigenvalue weighted by Gasteiger charge is 2.17. The lowest BCUT2D eigenvalue weighted by molar-refractivity contribution is -0.389. The van der Waals surface area contributed by atoms with E-state index in [-0.39, 0.29) is 17.9 Å². The average molecular weight is 392 g/mol. The van der Waals surface area contributed by atoms with Crippen molar-refractivity contribution < 1.29 is 14.5 Å². The van der Waals surface area contributed by atoms with E-state index in [1.165, 1.54) is 57.4 Å². The summed E-state index contributed by atoms with van der Waals surface area (Å²) in [6.07, 6.45) is 13.4. The molecule has 0 saturated heterocycles. The molecule has 0 aliphatic heterocycles. The maximum Gasteiger partial charge on any atom is 0.364 e. The largest absolute Gasteiger partial charge is 0.364 e. The fourth-order valence-corrected chi connectivity index (χ4v) is 3.09. The molecule has 7 heteroatoms. The first-order valence-electron chi connectivity index (χ1n) is 10.4. The number of hydrogen-bond acceptors (Lipinski definition) is 5. The van der Waals surface area contributed by atoms with Gasteiger partial charge >= 0.3 is 5.82 Å². The van der Waals surface area contributed by atoms with Gasteiger partial charge in [-0.05, 0) is 22.4 Å². The topological polar surface area (TPSA) is 102 Å². The number of nitrogens with one attached hydrogen (secondary N) is 1. The molecule has 0 fully saturated rings. The van der Waals surface area contributed by atoms with E-state index in [0.717, 1.165) is 25.3 Å². The Morgan fingerprint density at radius 2 is 1.50 bits per heavy atom. The van der Waals surface area contributed by atoms with Gasteiger partial charge in [0.2, 0.25) is 5.91 Å². The number of aromatic nitrogens is 1. The maximum absolute atomic E-state index is 12.1. The normalized spacial score (nSPS) is 10.6. The van der Waals surface area contributed by atoms with Gasteiger partial charge in [0.25, 0.3) is 5.91 Å². The van der Waals surface area contributed by atoms with Crippen LogP contribution < -0.4 is 5.32 Å². The first-order chi connectivity index (χ1) is 13.4. The van der Waals surface area contributed by atoms with Gasteiger partial charge in [0.1, 0.15) is 0 Å². The number of carbonyl (C=O) groups excluding carboxylic acids is 2. The molecule has 0 aliphatic carbocycles. The van der Waals surface area contributed by atoms with E-state index < -0.39 is 16.6 Å². The van der Waals surface area contributed by atoms with Crippen molar-refractivity contribution in [3.05, 3.63) is 33.5 Å². The van der Waals surface area contributed by atoms with Crippen LogP contribution in [0, 0.1) is 17.0 Å². The zero-order chi connectivity index (χ0) is 20.8. The molecule has 0 bridgehead atoms. The molecule has 1 aromatic heterocycles. The Bertz CT molecular complexity index is 647. The highest BCUT2D eigenvalue weighted by atomic mass is 16.6. The Kier molecular flexibility index (Phi) is 11.7. The summed E-state index contributed by atoms with van der Waals surface area (Å²) < 4.78 is 0. The first-order valence-corrected chi connectivity index (χ1v) is 10.4. The third-order valence-electron chi connectivity index (χ3n) is 4.65. The van der Waals surface area contributed by atoms with Crippen LogP contribution in [0.2, 0.25) is 0 Å². The van der Waals surface area contributed by atoms with Crippen molar-refractivity contribution in [2.45, 2.75) is 90.9 Å². The van der Waals surface area contributed by atoms with Crippen LogP contribution in [0.15, 0.2) is 12.1 Å². The Hall–Kier alpha value is -2.31. The molecule has 0 radical (unpaired) electrons. The van der Waals surface area contributed by atoms with Gasteiger partial charge in [0, 0.05) is 19.4 Å². The quantitative estimate of drug-likeness (QED) is 0.265. The van der Waals surface area contributed by atoms with Crippen LogP contribution >= 0.6 is 0 Å². The molecule has 0 atom stereocenters. The SMILES string of the molecule is CCCCCCCCCCCCCC(=O)NC(=O)c1cc(C)nc([N+](=O)[O-])c1.